The molecule has 0 saturated carbocycles. The highest BCUT2D eigenvalue weighted by atomic mass is 16.5. The molecule has 3 heteroatoms. The molecule has 0 aromatic heterocycles. The standard InChI is InChI=1S/C18H21NO2/c1-14(2)17(21-16-12-8-5-9-13-16)18(20)19(3)15-10-6-4-7-11-15/h4-14,17H,1-3H3. The maximum absolute atomic E-state index is 12.7. The van der Waals surface area contributed by atoms with Gasteiger partial charge in [-0.25, -0.2) is 0 Å². The first-order chi connectivity index (χ1) is 10.1. The van der Waals surface area contributed by atoms with Crippen LogP contribution in [0.1, 0.15) is 13.8 Å². The molecule has 2 aromatic rings. The normalized spacial score (nSPS) is 12.0. The number of para-hydroxylation sites is 2. The molecule has 0 aliphatic heterocycles. The average Bonchev–Trinajstić information content (AvgIpc) is 2.53. The molecule has 0 fully saturated rings. The molecular weight excluding hydrogens is 262 g/mol. The van der Waals surface area contributed by atoms with E-state index >= 15 is 0 Å². The molecule has 2 rings (SSSR count). The molecule has 0 aliphatic carbocycles. The number of rotatable bonds is 5. The van der Waals surface area contributed by atoms with Gasteiger partial charge >= 0.3 is 0 Å². The van der Waals surface area contributed by atoms with Gasteiger partial charge in [0.25, 0.3) is 5.91 Å². The SMILES string of the molecule is CC(C)C(Oc1ccccc1)C(=O)N(C)c1ccccc1. The van der Waals surface area contributed by atoms with E-state index in [9.17, 15) is 4.79 Å². The van der Waals surface area contributed by atoms with E-state index in [2.05, 4.69) is 0 Å². The fourth-order valence-corrected chi connectivity index (χ4v) is 2.09. The molecule has 1 amide bonds. The summed E-state index contributed by atoms with van der Waals surface area (Å²) in [5.41, 5.74) is 0.866. The summed E-state index contributed by atoms with van der Waals surface area (Å²) in [6.07, 6.45) is -0.502. The van der Waals surface area contributed by atoms with Crippen molar-refractivity contribution in [1.29, 1.82) is 0 Å². The van der Waals surface area contributed by atoms with Crippen LogP contribution < -0.4 is 9.64 Å². The fraction of sp³-hybridized carbons (Fsp3) is 0.278. The van der Waals surface area contributed by atoms with Gasteiger partial charge in [-0.3, -0.25) is 4.79 Å². The van der Waals surface area contributed by atoms with Crippen LogP contribution in [0.4, 0.5) is 5.69 Å². The van der Waals surface area contributed by atoms with Gasteiger partial charge in [-0.15, -0.1) is 0 Å². The van der Waals surface area contributed by atoms with Crippen molar-refractivity contribution in [3.05, 3.63) is 60.7 Å². The van der Waals surface area contributed by atoms with Crippen molar-refractivity contribution in [2.45, 2.75) is 20.0 Å². The highest BCUT2D eigenvalue weighted by Gasteiger charge is 2.27. The van der Waals surface area contributed by atoms with Gasteiger partial charge in [0, 0.05) is 12.7 Å². The molecule has 3 nitrogen and oxygen atoms in total. The summed E-state index contributed by atoms with van der Waals surface area (Å²) in [5.74, 6) is 0.759. The topological polar surface area (TPSA) is 29.5 Å². The van der Waals surface area contributed by atoms with Gasteiger partial charge in [0.2, 0.25) is 0 Å². The van der Waals surface area contributed by atoms with Gasteiger partial charge in [-0.1, -0.05) is 50.2 Å². The number of benzene rings is 2. The quantitative estimate of drug-likeness (QED) is 0.836. The van der Waals surface area contributed by atoms with Crippen LogP contribution in [-0.2, 0) is 4.79 Å². The lowest BCUT2D eigenvalue weighted by Crippen LogP contribution is -2.43. The van der Waals surface area contributed by atoms with E-state index in [0.29, 0.717) is 5.75 Å². The molecular formula is C18H21NO2. The Bertz CT molecular complexity index is 566. The Hall–Kier alpha value is -2.29. The van der Waals surface area contributed by atoms with Crippen molar-refractivity contribution in [2.24, 2.45) is 5.92 Å². The zero-order valence-corrected chi connectivity index (χ0v) is 12.7. The predicted molar refractivity (Wildman–Crippen MR) is 85.5 cm³/mol. The van der Waals surface area contributed by atoms with Gasteiger partial charge < -0.3 is 9.64 Å². The maximum Gasteiger partial charge on any atom is 0.268 e. The van der Waals surface area contributed by atoms with E-state index in [1.165, 1.54) is 0 Å². The van der Waals surface area contributed by atoms with Crippen LogP contribution in [0.5, 0.6) is 5.75 Å². The molecule has 0 bridgehead atoms. The largest absolute Gasteiger partial charge is 0.480 e. The fourth-order valence-electron chi connectivity index (χ4n) is 2.09. The van der Waals surface area contributed by atoms with Crippen LogP contribution in [0, 0.1) is 5.92 Å². The Morgan fingerprint density at radius 1 is 0.952 bits per heavy atom. The summed E-state index contributed by atoms with van der Waals surface area (Å²) >= 11 is 0. The molecule has 0 radical (unpaired) electrons. The number of nitrogens with zero attached hydrogens (tertiary/aromatic N) is 1. The van der Waals surface area contributed by atoms with Gasteiger partial charge in [0.15, 0.2) is 6.10 Å². The van der Waals surface area contributed by atoms with Crippen molar-refractivity contribution in [1.82, 2.24) is 0 Å². The summed E-state index contributed by atoms with van der Waals surface area (Å²) < 4.78 is 5.89. The molecule has 0 aliphatic rings. The second-order valence-electron chi connectivity index (χ2n) is 5.33. The highest BCUT2D eigenvalue weighted by molar-refractivity contribution is 5.96. The van der Waals surface area contributed by atoms with E-state index in [-0.39, 0.29) is 11.8 Å². The lowest BCUT2D eigenvalue weighted by molar-refractivity contribution is -0.126. The number of carbonyl (C=O) groups excluding carboxylic acids is 1. The predicted octanol–water partition coefficient (Wildman–Crippen LogP) is 3.75. The highest BCUT2D eigenvalue weighted by Crippen LogP contribution is 2.20. The third-order valence-electron chi connectivity index (χ3n) is 3.33. The van der Waals surface area contributed by atoms with Crippen LogP contribution >= 0.6 is 0 Å². The first-order valence-corrected chi connectivity index (χ1v) is 7.14. The van der Waals surface area contributed by atoms with Crippen LogP contribution in [0.2, 0.25) is 0 Å². The molecule has 21 heavy (non-hydrogen) atoms. The number of ether oxygens (including phenoxy) is 1. The zero-order valence-electron chi connectivity index (χ0n) is 12.7. The van der Waals surface area contributed by atoms with E-state index in [0.717, 1.165) is 5.69 Å². The van der Waals surface area contributed by atoms with Crippen molar-refractivity contribution < 1.29 is 9.53 Å². The number of carbonyl (C=O) groups is 1. The summed E-state index contributed by atoms with van der Waals surface area (Å²) in [5, 5.41) is 0. The van der Waals surface area contributed by atoms with Crippen LogP contribution in [0.15, 0.2) is 60.7 Å². The van der Waals surface area contributed by atoms with Crippen LogP contribution in [0.25, 0.3) is 0 Å². The summed E-state index contributed by atoms with van der Waals surface area (Å²) in [6.45, 7) is 3.98. The molecule has 0 heterocycles. The maximum atomic E-state index is 12.7. The second-order valence-corrected chi connectivity index (χ2v) is 5.33. The smallest absolute Gasteiger partial charge is 0.268 e. The lowest BCUT2D eigenvalue weighted by Gasteiger charge is -2.27. The number of likely N-dealkylation sites (N-methyl/N-ethyl adjacent to an activating group) is 1. The first-order valence-electron chi connectivity index (χ1n) is 7.14. The first kappa shape index (κ1) is 15.1. The molecule has 0 saturated heterocycles. The molecule has 2 aromatic carbocycles. The molecule has 1 atom stereocenters. The Morgan fingerprint density at radius 2 is 1.48 bits per heavy atom. The van der Waals surface area contributed by atoms with Gasteiger partial charge in [0.1, 0.15) is 5.75 Å². The number of hydrogen-bond acceptors (Lipinski definition) is 2. The third-order valence-corrected chi connectivity index (χ3v) is 3.33. The number of amides is 1. The minimum Gasteiger partial charge on any atom is -0.480 e. The number of anilines is 1. The Kier molecular flexibility index (Phi) is 4.99. The van der Waals surface area contributed by atoms with Gasteiger partial charge in [-0.2, -0.15) is 0 Å². The molecule has 0 spiro atoms. The summed E-state index contributed by atoms with van der Waals surface area (Å²) in [4.78, 5) is 14.3. The van der Waals surface area contributed by atoms with Crippen LogP contribution in [-0.4, -0.2) is 19.1 Å². The van der Waals surface area contributed by atoms with Crippen molar-refractivity contribution in [3.8, 4) is 5.75 Å². The Morgan fingerprint density at radius 3 is 2.00 bits per heavy atom. The van der Waals surface area contributed by atoms with E-state index in [1.54, 1.807) is 11.9 Å². The van der Waals surface area contributed by atoms with E-state index < -0.39 is 6.10 Å². The minimum absolute atomic E-state index is 0.0416. The average molecular weight is 283 g/mol. The molecule has 0 N–H and O–H groups in total. The van der Waals surface area contributed by atoms with E-state index in [1.807, 2.05) is 74.5 Å². The lowest BCUT2D eigenvalue weighted by atomic mass is 10.1. The Balaban J connectivity index is 2.16. The molecule has 110 valence electrons. The van der Waals surface area contributed by atoms with E-state index in [4.69, 9.17) is 4.74 Å². The van der Waals surface area contributed by atoms with Crippen LogP contribution in [0.3, 0.4) is 0 Å². The van der Waals surface area contributed by atoms with Crippen molar-refractivity contribution >= 4 is 11.6 Å². The van der Waals surface area contributed by atoms with Crippen molar-refractivity contribution in [3.63, 3.8) is 0 Å². The summed E-state index contributed by atoms with van der Waals surface area (Å²) in [6, 6.07) is 19.1. The summed E-state index contributed by atoms with van der Waals surface area (Å²) in [7, 11) is 1.78. The molecule has 1 unspecified atom stereocenters. The van der Waals surface area contributed by atoms with Gasteiger partial charge in [-0.05, 0) is 30.2 Å². The minimum atomic E-state index is -0.502. The van der Waals surface area contributed by atoms with Crippen molar-refractivity contribution in [2.75, 3.05) is 11.9 Å². The Labute approximate surface area is 126 Å². The number of hydrogen-bond donors (Lipinski definition) is 0. The third kappa shape index (κ3) is 3.85. The second kappa shape index (κ2) is 6.93. The monoisotopic (exact) mass is 283 g/mol. The zero-order chi connectivity index (χ0) is 15.2. The van der Waals surface area contributed by atoms with Gasteiger partial charge in [0.05, 0.1) is 0 Å².